The van der Waals surface area contributed by atoms with Crippen molar-refractivity contribution in [3.8, 4) is 5.75 Å². The van der Waals surface area contributed by atoms with Gasteiger partial charge in [-0.1, -0.05) is 48.9 Å². The Morgan fingerprint density at radius 2 is 1.71 bits per heavy atom. The van der Waals surface area contributed by atoms with Crippen molar-refractivity contribution >= 4 is 17.5 Å². The number of benzene rings is 2. The number of methoxy groups -OCH3 is 1. The van der Waals surface area contributed by atoms with Crippen LogP contribution in [0.25, 0.3) is 0 Å². The molecule has 0 atom stereocenters. The predicted molar refractivity (Wildman–Crippen MR) is 111 cm³/mol. The van der Waals surface area contributed by atoms with E-state index < -0.39 is 0 Å². The molecule has 0 aromatic heterocycles. The Morgan fingerprint density at radius 3 is 2.36 bits per heavy atom. The Kier molecular flexibility index (Phi) is 8.02. The summed E-state index contributed by atoms with van der Waals surface area (Å²) in [6.07, 6.45) is 0. The summed E-state index contributed by atoms with van der Waals surface area (Å²) < 4.78 is 5.25. The quantitative estimate of drug-likeness (QED) is 0.723. The van der Waals surface area contributed by atoms with Crippen LogP contribution in [0.3, 0.4) is 0 Å². The zero-order valence-corrected chi connectivity index (χ0v) is 17.1. The Hall–Kier alpha value is -2.86. The second-order valence-electron chi connectivity index (χ2n) is 6.79. The number of aryl methyl sites for hydroxylation is 1. The minimum Gasteiger partial charge on any atom is -0.495 e. The maximum atomic E-state index is 12.6. The highest BCUT2D eigenvalue weighted by Gasteiger charge is 2.17. The molecule has 0 spiro atoms. The molecule has 2 rings (SSSR count). The van der Waals surface area contributed by atoms with Gasteiger partial charge in [0.05, 0.1) is 25.9 Å². The number of carbonyl (C=O) groups is 2. The van der Waals surface area contributed by atoms with Crippen molar-refractivity contribution in [2.24, 2.45) is 0 Å². The SMILES string of the molecule is CCN(CC(=O)Nc1ccccc1OC)CC(=O)N(C)Cc1ccc(C)cc1. The zero-order chi connectivity index (χ0) is 20.5. The molecule has 2 amide bonds. The van der Waals surface area contributed by atoms with Crippen molar-refractivity contribution in [3.05, 3.63) is 59.7 Å². The summed E-state index contributed by atoms with van der Waals surface area (Å²) in [7, 11) is 3.34. The van der Waals surface area contributed by atoms with Crippen LogP contribution in [-0.2, 0) is 16.1 Å². The van der Waals surface area contributed by atoms with Crippen molar-refractivity contribution in [3.63, 3.8) is 0 Å². The number of likely N-dealkylation sites (N-methyl/N-ethyl adjacent to an activating group) is 2. The van der Waals surface area contributed by atoms with E-state index in [9.17, 15) is 9.59 Å². The number of amides is 2. The Bertz CT molecular complexity index is 790. The second-order valence-corrected chi connectivity index (χ2v) is 6.79. The van der Waals surface area contributed by atoms with E-state index in [0.29, 0.717) is 24.5 Å². The number of hydrogen-bond donors (Lipinski definition) is 1. The maximum absolute atomic E-state index is 12.6. The molecular formula is C22H29N3O3. The van der Waals surface area contributed by atoms with E-state index in [4.69, 9.17) is 4.74 Å². The van der Waals surface area contributed by atoms with Gasteiger partial charge in [-0.2, -0.15) is 0 Å². The molecule has 28 heavy (non-hydrogen) atoms. The summed E-state index contributed by atoms with van der Waals surface area (Å²) in [5, 5.41) is 2.84. The normalized spacial score (nSPS) is 10.6. The molecule has 1 N–H and O–H groups in total. The van der Waals surface area contributed by atoms with Crippen molar-refractivity contribution in [2.45, 2.75) is 20.4 Å². The molecule has 0 saturated carbocycles. The van der Waals surface area contributed by atoms with Crippen molar-refractivity contribution < 1.29 is 14.3 Å². The highest BCUT2D eigenvalue weighted by Crippen LogP contribution is 2.22. The molecule has 0 fully saturated rings. The maximum Gasteiger partial charge on any atom is 0.238 e. The number of para-hydroxylation sites is 2. The Morgan fingerprint density at radius 1 is 1.04 bits per heavy atom. The van der Waals surface area contributed by atoms with Gasteiger partial charge < -0.3 is 15.0 Å². The molecule has 0 radical (unpaired) electrons. The van der Waals surface area contributed by atoms with E-state index in [-0.39, 0.29) is 24.9 Å². The summed E-state index contributed by atoms with van der Waals surface area (Å²) >= 11 is 0. The molecule has 6 nitrogen and oxygen atoms in total. The number of carbonyl (C=O) groups excluding carboxylic acids is 2. The molecule has 0 aliphatic heterocycles. The average molecular weight is 383 g/mol. The van der Waals surface area contributed by atoms with Crippen LogP contribution in [0.5, 0.6) is 5.75 Å². The van der Waals surface area contributed by atoms with Gasteiger partial charge in [-0.3, -0.25) is 14.5 Å². The highest BCUT2D eigenvalue weighted by molar-refractivity contribution is 5.94. The van der Waals surface area contributed by atoms with Crippen molar-refractivity contribution in [2.75, 3.05) is 39.1 Å². The smallest absolute Gasteiger partial charge is 0.238 e. The molecule has 0 unspecified atom stereocenters. The molecule has 150 valence electrons. The molecule has 2 aromatic carbocycles. The van der Waals surface area contributed by atoms with Crippen LogP contribution in [0, 0.1) is 6.92 Å². The molecule has 0 saturated heterocycles. The van der Waals surface area contributed by atoms with E-state index >= 15 is 0 Å². The summed E-state index contributed by atoms with van der Waals surface area (Å²) in [6, 6.07) is 15.4. The zero-order valence-electron chi connectivity index (χ0n) is 17.1. The monoisotopic (exact) mass is 383 g/mol. The standard InChI is InChI=1S/C22H29N3O3/c1-5-25(15-21(26)23-19-8-6-7-9-20(19)28-4)16-22(27)24(3)14-18-12-10-17(2)11-13-18/h6-13H,5,14-16H2,1-4H3,(H,23,26). The lowest BCUT2D eigenvalue weighted by Gasteiger charge is -2.24. The van der Waals surface area contributed by atoms with Crippen LogP contribution in [0.1, 0.15) is 18.1 Å². The number of rotatable bonds is 9. The van der Waals surface area contributed by atoms with Crippen molar-refractivity contribution in [1.82, 2.24) is 9.80 Å². The minimum atomic E-state index is -0.180. The fourth-order valence-corrected chi connectivity index (χ4v) is 2.79. The lowest BCUT2D eigenvalue weighted by Crippen LogP contribution is -2.41. The topological polar surface area (TPSA) is 61.9 Å². The molecule has 6 heteroatoms. The minimum absolute atomic E-state index is 0.0208. The van der Waals surface area contributed by atoms with Gasteiger partial charge in [-0.25, -0.2) is 0 Å². The number of anilines is 1. The van der Waals surface area contributed by atoms with Gasteiger partial charge in [0.2, 0.25) is 11.8 Å². The number of nitrogens with one attached hydrogen (secondary N) is 1. The number of hydrogen-bond acceptors (Lipinski definition) is 4. The van der Waals surface area contributed by atoms with E-state index in [1.54, 1.807) is 31.2 Å². The molecule has 2 aromatic rings. The Labute approximate surface area is 167 Å². The first-order valence-electron chi connectivity index (χ1n) is 9.37. The second kappa shape index (κ2) is 10.5. The molecular weight excluding hydrogens is 354 g/mol. The van der Waals surface area contributed by atoms with Gasteiger partial charge in [-0.15, -0.1) is 0 Å². The summed E-state index contributed by atoms with van der Waals surface area (Å²) in [5.74, 6) is 0.403. The Balaban J connectivity index is 1.88. The van der Waals surface area contributed by atoms with Crippen LogP contribution in [0.15, 0.2) is 48.5 Å². The van der Waals surface area contributed by atoms with E-state index in [2.05, 4.69) is 5.32 Å². The van der Waals surface area contributed by atoms with Gasteiger partial charge in [-0.05, 0) is 31.2 Å². The fraction of sp³-hybridized carbons (Fsp3) is 0.364. The molecule has 0 bridgehead atoms. The lowest BCUT2D eigenvalue weighted by atomic mass is 10.1. The summed E-state index contributed by atoms with van der Waals surface area (Å²) in [4.78, 5) is 28.5. The van der Waals surface area contributed by atoms with Gasteiger partial charge >= 0.3 is 0 Å². The third kappa shape index (κ3) is 6.39. The number of ether oxygens (including phenoxy) is 1. The van der Waals surface area contributed by atoms with Gasteiger partial charge in [0, 0.05) is 13.6 Å². The van der Waals surface area contributed by atoms with E-state index in [1.807, 2.05) is 55.1 Å². The average Bonchev–Trinajstić information content (AvgIpc) is 2.69. The first-order chi connectivity index (χ1) is 13.4. The van der Waals surface area contributed by atoms with Crippen LogP contribution in [-0.4, -0.2) is 55.4 Å². The third-order valence-corrected chi connectivity index (χ3v) is 4.52. The first kappa shape index (κ1) is 21.4. The fourth-order valence-electron chi connectivity index (χ4n) is 2.79. The highest BCUT2D eigenvalue weighted by atomic mass is 16.5. The largest absolute Gasteiger partial charge is 0.495 e. The molecule has 0 aliphatic carbocycles. The van der Waals surface area contributed by atoms with E-state index in [1.165, 1.54) is 5.56 Å². The van der Waals surface area contributed by atoms with Crippen LogP contribution < -0.4 is 10.1 Å². The van der Waals surface area contributed by atoms with Crippen molar-refractivity contribution in [1.29, 1.82) is 0 Å². The predicted octanol–water partition coefficient (Wildman–Crippen LogP) is 2.92. The van der Waals surface area contributed by atoms with Gasteiger partial charge in [0.15, 0.2) is 0 Å². The van der Waals surface area contributed by atoms with E-state index in [0.717, 1.165) is 5.56 Å². The summed E-state index contributed by atoms with van der Waals surface area (Å²) in [6.45, 7) is 5.45. The van der Waals surface area contributed by atoms with Gasteiger partial charge in [0.25, 0.3) is 0 Å². The van der Waals surface area contributed by atoms with Crippen LogP contribution >= 0.6 is 0 Å². The lowest BCUT2D eigenvalue weighted by molar-refractivity contribution is -0.132. The van der Waals surface area contributed by atoms with Crippen LogP contribution in [0.2, 0.25) is 0 Å². The first-order valence-corrected chi connectivity index (χ1v) is 9.37. The third-order valence-electron chi connectivity index (χ3n) is 4.52. The number of nitrogens with zero attached hydrogens (tertiary/aromatic N) is 2. The molecule has 0 heterocycles. The summed E-state index contributed by atoms with van der Waals surface area (Å²) in [5.41, 5.74) is 2.89. The van der Waals surface area contributed by atoms with Gasteiger partial charge in [0.1, 0.15) is 5.75 Å². The molecule has 0 aliphatic rings. The van der Waals surface area contributed by atoms with Crippen LogP contribution in [0.4, 0.5) is 5.69 Å².